The van der Waals surface area contributed by atoms with E-state index in [2.05, 4.69) is 37.2 Å². The number of hydrogen-bond donors (Lipinski definition) is 1. The molecule has 1 aliphatic rings. The molecule has 0 aromatic heterocycles. The summed E-state index contributed by atoms with van der Waals surface area (Å²) in [6.07, 6.45) is 3.80. The number of carbonyl (C=O) groups is 1. The van der Waals surface area contributed by atoms with E-state index in [0.717, 1.165) is 21.9 Å². The second-order valence-electron chi connectivity index (χ2n) is 4.83. The zero-order valence-electron chi connectivity index (χ0n) is 10.2. The molecule has 0 bridgehead atoms. The van der Waals surface area contributed by atoms with Crippen LogP contribution in [-0.2, 0) is 0 Å². The highest BCUT2D eigenvalue weighted by Gasteiger charge is 2.26. The molecule has 4 heteroatoms. The summed E-state index contributed by atoms with van der Waals surface area (Å²) in [7, 11) is 0. The minimum absolute atomic E-state index is 0.0246. The lowest BCUT2D eigenvalue weighted by Crippen LogP contribution is -2.31. The average Bonchev–Trinajstić information content (AvgIpc) is 2.83. The summed E-state index contributed by atoms with van der Waals surface area (Å²) < 4.78 is 0.939. The van der Waals surface area contributed by atoms with Crippen LogP contribution in [0.5, 0.6) is 0 Å². The van der Waals surface area contributed by atoms with Crippen molar-refractivity contribution in [2.45, 2.75) is 19.3 Å². The van der Waals surface area contributed by atoms with E-state index in [1.807, 2.05) is 24.3 Å². The summed E-state index contributed by atoms with van der Waals surface area (Å²) in [6.45, 7) is 0.793. The Bertz CT molecular complexity index is 422. The van der Waals surface area contributed by atoms with Crippen LogP contribution < -0.4 is 5.32 Å². The highest BCUT2D eigenvalue weighted by molar-refractivity contribution is 9.10. The Morgan fingerprint density at radius 2 is 2.11 bits per heavy atom. The minimum atomic E-state index is 0.0246. The summed E-state index contributed by atoms with van der Waals surface area (Å²) in [5.74, 6) is 1.37. The van der Waals surface area contributed by atoms with Crippen molar-refractivity contribution in [3.05, 3.63) is 34.3 Å². The first kappa shape index (κ1) is 14.1. The molecule has 1 aliphatic carbocycles. The van der Waals surface area contributed by atoms with Crippen molar-refractivity contribution in [2.24, 2.45) is 11.8 Å². The van der Waals surface area contributed by atoms with Crippen molar-refractivity contribution >= 4 is 37.8 Å². The molecule has 18 heavy (non-hydrogen) atoms. The van der Waals surface area contributed by atoms with Crippen molar-refractivity contribution in [2.75, 3.05) is 11.9 Å². The molecule has 2 nitrogen and oxygen atoms in total. The number of alkyl halides is 1. The van der Waals surface area contributed by atoms with E-state index in [1.54, 1.807) is 0 Å². The number of hydrogen-bond acceptors (Lipinski definition) is 1. The molecule has 1 saturated carbocycles. The SMILES string of the molecule is O=C(NCC1CCCC1CBr)c1cccc(Br)c1. The van der Waals surface area contributed by atoms with Crippen LogP contribution in [0.1, 0.15) is 29.6 Å². The van der Waals surface area contributed by atoms with Crippen LogP contribution in [0.2, 0.25) is 0 Å². The molecule has 0 spiro atoms. The van der Waals surface area contributed by atoms with Gasteiger partial charge in [0.2, 0.25) is 0 Å². The molecule has 0 radical (unpaired) electrons. The van der Waals surface area contributed by atoms with Gasteiger partial charge in [-0.15, -0.1) is 0 Å². The molecule has 0 heterocycles. The molecular weight excluding hydrogens is 358 g/mol. The summed E-state index contributed by atoms with van der Waals surface area (Å²) in [6, 6.07) is 7.51. The van der Waals surface area contributed by atoms with Gasteiger partial charge in [0.05, 0.1) is 0 Å². The number of rotatable bonds is 4. The van der Waals surface area contributed by atoms with Gasteiger partial charge in [0, 0.05) is 21.9 Å². The molecule has 2 unspecified atom stereocenters. The van der Waals surface area contributed by atoms with Crippen LogP contribution in [-0.4, -0.2) is 17.8 Å². The van der Waals surface area contributed by atoms with E-state index in [9.17, 15) is 4.79 Å². The monoisotopic (exact) mass is 373 g/mol. The number of amides is 1. The first-order valence-electron chi connectivity index (χ1n) is 6.30. The molecule has 1 fully saturated rings. The second kappa shape index (κ2) is 6.71. The lowest BCUT2D eigenvalue weighted by Gasteiger charge is -2.17. The largest absolute Gasteiger partial charge is 0.352 e. The van der Waals surface area contributed by atoms with Crippen molar-refractivity contribution in [3.63, 3.8) is 0 Å². The van der Waals surface area contributed by atoms with Crippen molar-refractivity contribution < 1.29 is 4.79 Å². The van der Waals surface area contributed by atoms with Crippen molar-refractivity contribution in [1.29, 1.82) is 0 Å². The predicted molar refractivity (Wildman–Crippen MR) is 81.1 cm³/mol. The molecule has 2 rings (SSSR count). The second-order valence-corrected chi connectivity index (χ2v) is 6.39. The molecule has 0 saturated heterocycles. The number of halogens is 2. The van der Waals surface area contributed by atoms with E-state index in [1.165, 1.54) is 19.3 Å². The van der Waals surface area contributed by atoms with E-state index >= 15 is 0 Å². The lowest BCUT2D eigenvalue weighted by molar-refractivity contribution is 0.0944. The molecular formula is C14H17Br2NO. The summed E-state index contributed by atoms with van der Waals surface area (Å²) in [4.78, 5) is 12.0. The normalized spacial score (nSPS) is 23.0. The molecule has 1 N–H and O–H groups in total. The third-order valence-corrected chi connectivity index (χ3v) is 4.95. The number of benzene rings is 1. The molecule has 98 valence electrons. The first-order chi connectivity index (χ1) is 8.70. The van der Waals surface area contributed by atoms with Crippen LogP contribution in [0.3, 0.4) is 0 Å². The van der Waals surface area contributed by atoms with Crippen molar-refractivity contribution in [3.8, 4) is 0 Å². The van der Waals surface area contributed by atoms with Crippen molar-refractivity contribution in [1.82, 2.24) is 5.32 Å². The number of nitrogens with one attached hydrogen (secondary N) is 1. The van der Waals surface area contributed by atoms with Gasteiger partial charge in [-0.2, -0.15) is 0 Å². The van der Waals surface area contributed by atoms with Gasteiger partial charge in [0.1, 0.15) is 0 Å². The van der Waals surface area contributed by atoms with Gasteiger partial charge in [-0.25, -0.2) is 0 Å². The van der Waals surface area contributed by atoms with Gasteiger partial charge >= 0.3 is 0 Å². The van der Waals surface area contributed by atoms with Gasteiger partial charge in [-0.05, 0) is 42.9 Å². The van der Waals surface area contributed by atoms with Crippen LogP contribution in [0, 0.1) is 11.8 Å². The van der Waals surface area contributed by atoms with E-state index in [4.69, 9.17) is 0 Å². The molecule has 2 atom stereocenters. The van der Waals surface area contributed by atoms with Gasteiger partial charge in [-0.1, -0.05) is 44.3 Å². The van der Waals surface area contributed by atoms with Gasteiger partial charge in [0.15, 0.2) is 0 Å². The van der Waals surface area contributed by atoms with E-state index in [0.29, 0.717) is 11.8 Å². The zero-order valence-corrected chi connectivity index (χ0v) is 13.3. The topological polar surface area (TPSA) is 29.1 Å². The Balaban J connectivity index is 1.88. The maximum absolute atomic E-state index is 12.0. The standard InChI is InChI=1S/C14H17Br2NO/c15-8-11-4-1-5-12(11)9-17-14(18)10-3-2-6-13(16)7-10/h2-3,6-7,11-12H,1,4-5,8-9H2,(H,17,18). The maximum Gasteiger partial charge on any atom is 0.251 e. The summed E-state index contributed by atoms with van der Waals surface area (Å²) in [5, 5.41) is 4.10. The fraction of sp³-hybridized carbons (Fsp3) is 0.500. The highest BCUT2D eigenvalue weighted by atomic mass is 79.9. The average molecular weight is 375 g/mol. The predicted octanol–water partition coefficient (Wildman–Crippen LogP) is 3.99. The van der Waals surface area contributed by atoms with Gasteiger partial charge in [0.25, 0.3) is 5.91 Å². The van der Waals surface area contributed by atoms with Gasteiger partial charge < -0.3 is 5.32 Å². The fourth-order valence-corrected chi connectivity index (χ4v) is 3.79. The Labute approximate surface area is 125 Å². The molecule has 1 amide bonds. The van der Waals surface area contributed by atoms with E-state index in [-0.39, 0.29) is 5.91 Å². The first-order valence-corrected chi connectivity index (χ1v) is 8.22. The maximum atomic E-state index is 12.0. The highest BCUT2D eigenvalue weighted by Crippen LogP contribution is 2.32. The summed E-state index contributed by atoms with van der Waals surface area (Å²) in [5.41, 5.74) is 0.720. The summed E-state index contributed by atoms with van der Waals surface area (Å²) >= 11 is 6.94. The Hall–Kier alpha value is -0.350. The lowest BCUT2D eigenvalue weighted by atomic mass is 9.98. The molecule has 1 aromatic rings. The Morgan fingerprint density at radius 1 is 1.33 bits per heavy atom. The van der Waals surface area contributed by atoms with Crippen LogP contribution in [0.4, 0.5) is 0 Å². The Morgan fingerprint density at radius 3 is 2.83 bits per heavy atom. The van der Waals surface area contributed by atoms with Crippen LogP contribution in [0.15, 0.2) is 28.7 Å². The smallest absolute Gasteiger partial charge is 0.251 e. The Kier molecular flexibility index (Phi) is 5.25. The van der Waals surface area contributed by atoms with Crippen LogP contribution >= 0.6 is 31.9 Å². The zero-order chi connectivity index (χ0) is 13.0. The third kappa shape index (κ3) is 3.58. The molecule has 1 aromatic carbocycles. The quantitative estimate of drug-likeness (QED) is 0.793. The third-order valence-electron chi connectivity index (χ3n) is 3.63. The molecule has 0 aliphatic heterocycles. The minimum Gasteiger partial charge on any atom is -0.352 e. The van der Waals surface area contributed by atoms with E-state index < -0.39 is 0 Å². The fourth-order valence-electron chi connectivity index (χ4n) is 2.54. The van der Waals surface area contributed by atoms with Crippen LogP contribution in [0.25, 0.3) is 0 Å². The van der Waals surface area contributed by atoms with Gasteiger partial charge in [-0.3, -0.25) is 4.79 Å². The number of carbonyl (C=O) groups excluding carboxylic acids is 1.